The average molecular weight is 265 g/mol. The van der Waals surface area contributed by atoms with Crippen molar-refractivity contribution < 1.29 is 13.9 Å². The zero-order valence-corrected chi connectivity index (χ0v) is 10.2. The molecule has 0 heterocycles. The van der Waals surface area contributed by atoms with E-state index in [1.807, 2.05) is 30.3 Å². The van der Waals surface area contributed by atoms with Crippen LogP contribution in [-0.2, 0) is 6.61 Å². The van der Waals surface area contributed by atoms with Crippen molar-refractivity contribution in [3.05, 3.63) is 64.4 Å². The van der Waals surface area contributed by atoms with Crippen LogP contribution in [0.4, 0.5) is 4.39 Å². The second-order valence-electron chi connectivity index (χ2n) is 3.70. The smallest absolute Gasteiger partial charge is 0.165 e. The molecule has 2 aromatic carbocycles. The van der Waals surface area contributed by atoms with Crippen LogP contribution in [0.1, 0.15) is 15.9 Å². The molecule has 0 bridgehead atoms. The van der Waals surface area contributed by atoms with Gasteiger partial charge in [-0.15, -0.1) is 0 Å². The Bertz CT molecular complexity index is 555. The normalized spacial score (nSPS) is 10.1. The Labute approximate surface area is 109 Å². The van der Waals surface area contributed by atoms with E-state index >= 15 is 0 Å². The minimum atomic E-state index is -0.600. The van der Waals surface area contributed by atoms with E-state index in [-0.39, 0.29) is 22.9 Å². The lowest BCUT2D eigenvalue weighted by molar-refractivity contribution is 0.112. The van der Waals surface area contributed by atoms with Crippen LogP contribution in [0.5, 0.6) is 5.75 Å². The third-order valence-corrected chi connectivity index (χ3v) is 2.74. The lowest BCUT2D eigenvalue weighted by Crippen LogP contribution is -1.98. The molecule has 0 saturated heterocycles. The first-order chi connectivity index (χ1) is 8.70. The van der Waals surface area contributed by atoms with Crippen molar-refractivity contribution in [2.75, 3.05) is 0 Å². The number of halogens is 2. The molecule has 0 spiro atoms. The minimum absolute atomic E-state index is 0.0365. The van der Waals surface area contributed by atoms with Gasteiger partial charge in [0, 0.05) is 11.6 Å². The number of carbonyl (C=O) groups excluding carboxylic acids is 1. The molecule has 18 heavy (non-hydrogen) atoms. The molecule has 4 heteroatoms. The quantitative estimate of drug-likeness (QED) is 0.784. The molecule has 0 unspecified atom stereocenters. The Kier molecular flexibility index (Phi) is 3.95. The van der Waals surface area contributed by atoms with Gasteiger partial charge in [0.25, 0.3) is 0 Å². The van der Waals surface area contributed by atoms with Crippen LogP contribution in [0.2, 0.25) is 5.02 Å². The zero-order chi connectivity index (χ0) is 13.0. The molecule has 0 radical (unpaired) electrons. The molecule has 2 rings (SSSR count). The Balaban J connectivity index is 2.15. The van der Waals surface area contributed by atoms with Gasteiger partial charge >= 0.3 is 0 Å². The second kappa shape index (κ2) is 5.65. The molecular formula is C14H10ClFO2. The lowest BCUT2D eigenvalue weighted by atomic mass is 10.2. The van der Waals surface area contributed by atoms with Crippen LogP contribution in [-0.4, -0.2) is 6.29 Å². The lowest BCUT2D eigenvalue weighted by Gasteiger charge is -2.08. The highest BCUT2D eigenvalue weighted by Crippen LogP contribution is 2.25. The van der Waals surface area contributed by atoms with E-state index in [4.69, 9.17) is 16.3 Å². The molecule has 0 saturated carbocycles. The summed E-state index contributed by atoms with van der Waals surface area (Å²) in [4.78, 5) is 10.6. The van der Waals surface area contributed by atoms with Gasteiger partial charge in [-0.05, 0) is 11.6 Å². The molecule has 0 N–H and O–H groups in total. The number of aldehydes is 1. The summed E-state index contributed by atoms with van der Waals surface area (Å²) in [5, 5.41) is 0.175. The van der Waals surface area contributed by atoms with Crippen molar-refractivity contribution in [3.8, 4) is 5.75 Å². The van der Waals surface area contributed by atoms with Crippen LogP contribution in [0, 0.1) is 5.82 Å². The van der Waals surface area contributed by atoms with E-state index < -0.39 is 5.82 Å². The summed E-state index contributed by atoms with van der Waals surface area (Å²) in [6.45, 7) is 0.245. The van der Waals surface area contributed by atoms with Gasteiger partial charge < -0.3 is 4.74 Å². The van der Waals surface area contributed by atoms with E-state index in [0.717, 1.165) is 11.6 Å². The summed E-state index contributed by atoms with van der Waals surface area (Å²) in [6.07, 6.45) is 0.506. The molecule has 2 nitrogen and oxygen atoms in total. The largest absolute Gasteiger partial charge is 0.486 e. The van der Waals surface area contributed by atoms with Crippen molar-refractivity contribution >= 4 is 17.9 Å². The Morgan fingerprint density at radius 3 is 2.61 bits per heavy atom. The number of carbonyl (C=O) groups is 1. The zero-order valence-electron chi connectivity index (χ0n) is 9.40. The van der Waals surface area contributed by atoms with E-state index in [2.05, 4.69) is 0 Å². The molecule has 0 atom stereocenters. The second-order valence-corrected chi connectivity index (χ2v) is 4.10. The standard InChI is InChI=1S/C14H10ClFO2/c15-12-7-14(13(16)6-11(12)8-17)18-9-10-4-2-1-3-5-10/h1-8H,9H2. The van der Waals surface area contributed by atoms with E-state index in [0.29, 0.717) is 6.29 Å². The van der Waals surface area contributed by atoms with E-state index in [9.17, 15) is 9.18 Å². The summed E-state index contributed by atoms with van der Waals surface area (Å²) >= 11 is 5.81. The van der Waals surface area contributed by atoms with Gasteiger partial charge in [-0.1, -0.05) is 41.9 Å². The molecule has 0 aromatic heterocycles. The highest BCUT2D eigenvalue weighted by molar-refractivity contribution is 6.33. The molecule has 2 aromatic rings. The first-order valence-corrected chi connectivity index (χ1v) is 5.69. The van der Waals surface area contributed by atoms with E-state index in [1.54, 1.807) is 0 Å². The van der Waals surface area contributed by atoms with Crippen LogP contribution in [0.15, 0.2) is 42.5 Å². The number of rotatable bonds is 4. The van der Waals surface area contributed by atoms with Crippen LogP contribution in [0.25, 0.3) is 0 Å². The maximum Gasteiger partial charge on any atom is 0.165 e. The summed E-state index contributed by atoms with van der Waals surface area (Å²) < 4.78 is 18.9. The van der Waals surface area contributed by atoms with Gasteiger partial charge in [0.1, 0.15) is 6.61 Å². The molecule has 92 valence electrons. The predicted octanol–water partition coefficient (Wildman–Crippen LogP) is 3.87. The fourth-order valence-electron chi connectivity index (χ4n) is 1.48. The Morgan fingerprint density at radius 1 is 1.22 bits per heavy atom. The molecule has 0 aliphatic heterocycles. The van der Waals surface area contributed by atoms with Crippen LogP contribution < -0.4 is 4.74 Å². The van der Waals surface area contributed by atoms with Gasteiger partial charge in [-0.25, -0.2) is 4.39 Å². The summed E-state index contributed by atoms with van der Waals surface area (Å²) in [5.74, 6) is -0.563. The SMILES string of the molecule is O=Cc1cc(F)c(OCc2ccccc2)cc1Cl. The fraction of sp³-hybridized carbons (Fsp3) is 0.0714. The third kappa shape index (κ3) is 2.87. The van der Waals surface area contributed by atoms with Gasteiger partial charge in [-0.3, -0.25) is 4.79 Å². The molecule has 0 amide bonds. The summed E-state index contributed by atoms with van der Waals surface area (Å²) in [7, 11) is 0. The molecule has 0 aliphatic carbocycles. The van der Waals surface area contributed by atoms with Gasteiger partial charge in [-0.2, -0.15) is 0 Å². The van der Waals surface area contributed by atoms with E-state index in [1.165, 1.54) is 6.07 Å². The minimum Gasteiger partial charge on any atom is -0.486 e. The fourth-order valence-corrected chi connectivity index (χ4v) is 1.68. The van der Waals surface area contributed by atoms with Gasteiger partial charge in [0.2, 0.25) is 0 Å². The maximum atomic E-state index is 13.6. The maximum absolute atomic E-state index is 13.6. The Hall–Kier alpha value is -1.87. The first-order valence-electron chi connectivity index (χ1n) is 5.31. The number of benzene rings is 2. The Morgan fingerprint density at radius 2 is 1.94 bits per heavy atom. The van der Waals surface area contributed by atoms with Crippen LogP contribution in [0.3, 0.4) is 0 Å². The summed E-state index contributed by atoms with van der Waals surface area (Å²) in [6, 6.07) is 11.8. The molecule has 0 fully saturated rings. The number of hydrogen-bond acceptors (Lipinski definition) is 2. The van der Waals surface area contributed by atoms with Crippen molar-refractivity contribution in [2.45, 2.75) is 6.61 Å². The summed E-state index contributed by atoms with van der Waals surface area (Å²) in [5.41, 5.74) is 1.04. The van der Waals surface area contributed by atoms with Crippen molar-refractivity contribution in [1.29, 1.82) is 0 Å². The first kappa shape index (κ1) is 12.6. The van der Waals surface area contributed by atoms with Crippen LogP contribution >= 0.6 is 11.6 Å². The third-order valence-electron chi connectivity index (χ3n) is 2.42. The predicted molar refractivity (Wildman–Crippen MR) is 67.6 cm³/mol. The number of ether oxygens (including phenoxy) is 1. The highest BCUT2D eigenvalue weighted by atomic mass is 35.5. The molecule has 0 aliphatic rings. The van der Waals surface area contributed by atoms with Gasteiger partial charge in [0.05, 0.1) is 5.02 Å². The van der Waals surface area contributed by atoms with Crippen molar-refractivity contribution in [3.63, 3.8) is 0 Å². The average Bonchev–Trinajstić information content (AvgIpc) is 2.40. The molecular weight excluding hydrogens is 255 g/mol. The van der Waals surface area contributed by atoms with Gasteiger partial charge in [0.15, 0.2) is 17.9 Å². The van der Waals surface area contributed by atoms with Crippen molar-refractivity contribution in [1.82, 2.24) is 0 Å². The number of hydrogen-bond donors (Lipinski definition) is 0. The van der Waals surface area contributed by atoms with Crippen molar-refractivity contribution in [2.24, 2.45) is 0 Å². The highest BCUT2D eigenvalue weighted by Gasteiger charge is 2.09. The topological polar surface area (TPSA) is 26.3 Å². The monoisotopic (exact) mass is 264 g/mol.